The fraction of sp³-hybridized carbons (Fsp3) is 0.737. The Hall–Kier alpha value is -3.15. The van der Waals surface area contributed by atoms with E-state index in [-0.39, 0.29) is 44.0 Å². The number of carbonyl (C=O) groups is 3. The van der Waals surface area contributed by atoms with E-state index < -0.39 is 6.10 Å². The topological polar surface area (TPSA) is 78.9 Å². The molecular formula is C57H98O6. The van der Waals surface area contributed by atoms with Gasteiger partial charge < -0.3 is 14.2 Å². The summed E-state index contributed by atoms with van der Waals surface area (Å²) in [5.41, 5.74) is 0. The Labute approximate surface area is 389 Å². The maximum Gasteiger partial charge on any atom is 0.306 e. The van der Waals surface area contributed by atoms with E-state index in [2.05, 4.69) is 87.6 Å². The van der Waals surface area contributed by atoms with Gasteiger partial charge in [-0.25, -0.2) is 0 Å². The second-order valence-corrected chi connectivity index (χ2v) is 17.5. The van der Waals surface area contributed by atoms with E-state index in [0.717, 1.165) is 77.0 Å². The van der Waals surface area contributed by atoms with E-state index in [1.807, 2.05) is 6.08 Å². The Kier molecular flexibility index (Phi) is 48.9. The predicted molar refractivity (Wildman–Crippen MR) is 270 cm³/mol. The maximum absolute atomic E-state index is 12.8. The van der Waals surface area contributed by atoms with Crippen molar-refractivity contribution in [2.45, 2.75) is 258 Å². The molecule has 0 spiro atoms. The monoisotopic (exact) mass is 879 g/mol. The second-order valence-electron chi connectivity index (χ2n) is 17.5. The van der Waals surface area contributed by atoms with Gasteiger partial charge in [0.1, 0.15) is 13.2 Å². The van der Waals surface area contributed by atoms with E-state index in [4.69, 9.17) is 14.2 Å². The first-order valence-corrected chi connectivity index (χ1v) is 26.5. The zero-order chi connectivity index (χ0) is 45.8. The highest BCUT2D eigenvalue weighted by Gasteiger charge is 2.19. The van der Waals surface area contributed by atoms with E-state index >= 15 is 0 Å². The first-order chi connectivity index (χ1) is 31.0. The first-order valence-electron chi connectivity index (χ1n) is 26.5. The zero-order valence-corrected chi connectivity index (χ0v) is 41.3. The first kappa shape index (κ1) is 59.9. The molecule has 0 heterocycles. The Bertz CT molecular complexity index is 1190. The van der Waals surface area contributed by atoms with Crippen molar-refractivity contribution in [2.24, 2.45) is 0 Å². The highest BCUT2D eigenvalue weighted by molar-refractivity contribution is 5.71. The normalized spacial score (nSPS) is 12.6. The molecule has 0 radical (unpaired) electrons. The molecule has 0 rings (SSSR count). The number of ether oxygens (including phenoxy) is 3. The van der Waals surface area contributed by atoms with Crippen LogP contribution in [0.1, 0.15) is 252 Å². The summed E-state index contributed by atoms with van der Waals surface area (Å²) in [4.78, 5) is 37.9. The minimum atomic E-state index is -0.822. The third kappa shape index (κ3) is 49.7. The number of esters is 3. The number of hydrogen-bond acceptors (Lipinski definition) is 6. The number of carbonyl (C=O) groups excluding carboxylic acids is 3. The van der Waals surface area contributed by atoms with Crippen LogP contribution in [0.25, 0.3) is 0 Å². The molecule has 0 aromatic carbocycles. The Morgan fingerprint density at radius 1 is 0.333 bits per heavy atom. The van der Waals surface area contributed by atoms with Crippen molar-refractivity contribution in [3.05, 3.63) is 72.9 Å². The molecule has 0 saturated carbocycles. The average Bonchev–Trinajstić information content (AvgIpc) is 3.28. The van der Waals surface area contributed by atoms with Crippen LogP contribution in [0.5, 0.6) is 0 Å². The molecule has 0 aromatic heterocycles. The highest BCUT2D eigenvalue weighted by atomic mass is 16.6. The van der Waals surface area contributed by atoms with Crippen molar-refractivity contribution in [3.63, 3.8) is 0 Å². The van der Waals surface area contributed by atoms with E-state index in [1.54, 1.807) is 0 Å². The highest BCUT2D eigenvalue weighted by Crippen LogP contribution is 2.13. The van der Waals surface area contributed by atoms with Crippen LogP contribution in [0.4, 0.5) is 0 Å². The average molecular weight is 879 g/mol. The molecule has 63 heavy (non-hydrogen) atoms. The summed E-state index contributed by atoms with van der Waals surface area (Å²) in [5, 5.41) is 0. The van der Waals surface area contributed by atoms with Crippen molar-refractivity contribution >= 4 is 17.9 Å². The van der Waals surface area contributed by atoms with Crippen LogP contribution in [-0.4, -0.2) is 37.2 Å². The standard InChI is InChI=1S/C57H98O6/c1-4-7-10-13-16-19-22-25-27-29-32-35-38-41-44-47-50-56(59)62-53-54(52-61-55(58)49-46-43-40-37-34-31-24-21-18-15-12-9-6-3)63-57(60)51-48-45-42-39-36-33-30-28-26-23-20-17-14-11-8-5-2/h27-36,40,43,54H,4-26,37-39,41-42,44-53H2,1-3H3/b29-27+,30-28+,34-31+,35-32+,36-33+,43-40+. The van der Waals surface area contributed by atoms with Crippen molar-refractivity contribution in [1.29, 1.82) is 0 Å². The Balaban J connectivity index is 4.53. The lowest BCUT2D eigenvalue weighted by atomic mass is 10.1. The van der Waals surface area contributed by atoms with Gasteiger partial charge in [0, 0.05) is 19.3 Å². The summed E-state index contributed by atoms with van der Waals surface area (Å²) in [7, 11) is 0. The molecule has 0 aliphatic rings. The SMILES string of the molecule is CCCCCCCC/C=C/C/C=C/CCC(=O)OCC(COC(=O)CCCCC/C=C/C=C/CCCCCCCCC)OC(=O)CCCCC/C=C/C=C/CCCCCCCCC. The molecule has 6 nitrogen and oxygen atoms in total. The van der Waals surface area contributed by atoms with Crippen molar-refractivity contribution in [2.75, 3.05) is 13.2 Å². The Morgan fingerprint density at radius 2 is 0.651 bits per heavy atom. The van der Waals surface area contributed by atoms with E-state index in [0.29, 0.717) is 12.8 Å². The molecule has 0 amide bonds. The summed E-state index contributed by atoms with van der Waals surface area (Å²) in [6.07, 6.45) is 64.7. The van der Waals surface area contributed by atoms with Gasteiger partial charge in [-0.05, 0) is 89.9 Å². The minimum absolute atomic E-state index is 0.117. The van der Waals surface area contributed by atoms with Crippen molar-refractivity contribution in [3.8, 4) is 0 Å². The van der Waals surface area contributed by atoms with Crippen molar-refractivity contribution < 1.29 is 28.6 Å². The van der Waals surface area contributed by atoms with Gasteiger partial charge in [-0.1, -0.05) is 216 Å². The van der Waals surface area contributed by atoms with Crippen LogP contribution in [0.2, 0.25) is 0 Å². The Morgan fingerprint density at radius 3 is 1.06 bits per heavy atom. The molecule has 0 aliphatic carbocycles. The molecule has 1 unspecified atom stereocenters. The summed E-state index contributed by atoms with van der Waals surface area (Å²) in [6, 6.07) is 0. The minimum Gasteiger partial charge on any atom is -0.462 e. The number of rotatable bonds is 47. The van der Waals surface area contributed by atoms with Gasteiger partial charge in [0.05, 0.1) is 0 Å². The van der Waals surface area contributed by atoms with Gasteiger partial charge in [0.25, 0.3) is 0 Å². The zero-order valence-electron chi connectivity index (χ0n) is 41.3. The predicted octanol–water partition coefficient (Wildman–Crippen LogP) is 17.4. The summed E-state index contributed by atoms with van der Waals surface area (Å²) in [5.74, 6) is -1.04. The van der Waals surface area contributed by atoms with Crippen LogP contribution in [0.3, 0.4) is 0 Å². The molecule has 0 N–H and O–H groups in total. The third-order valence-electron chi connectivity index (χ3n) is 11.2. The fourth-order valence-electron chi connectivity index (χ4n) is 7.18. The van der Waals surface area contributed by atoms with Crippen LogP contribution < -0.4 is 0 Å². The fourth-order valence-corrected chi connectivity index (χ4v) is 7.18. The summed E-state index contributed by atoms with van der Waals surface area (Å²) >= 11 is 0. The largest absolute Gasteiger partial charge is 0.462 e. The van der Waals surface area contributed by atoms with Gasteiger partial charge in [-0.3, -0.25) is 14.4 Å². The van der Waals surface area contributed by atoms with Crippen LogP contribution in [-0.2, 0) is 28.6 Å². The molecule has 0 fully saturated rings. The lowest BCUT2D eigenvalue weighted by molar-refractivity contribution is -0.166. The van der Waals surface area contributed by atoms with Gasteiger partial charge in [-0.15, -0.1) is 0 Å². The smallest absolute Gasteiger partial charge is 0.306 e. The van der Waals surface area contributed by atoms with Crippen LogP contribution in [0, 0.1) is 0 Å². The summed E-state index contributed by atoms with van der Waals surface area (Å²) in [6.45, 7) is 6.52. The molecule has 0 aliphatic heterocycles. The molecule has 0 saturated heterocycles. The number of unbranched alkanes of at least 4 members (excludes halogenated alkanes) is 26. The molecular weight excluding hydrogens is 781 g/mol. The van der Waals surface area contributed by atoms with Gasteiger partial charge in [0.15, 0.2) is 6.10 Å². The quantitative estimate of drug-likeness (QED) is 0.0199. The lowest BCUT2D eigenvalue weighted by Gasteiger charge is -2.18. The molecule has 6 heteroatoms. The lowest BCUT2D eigenvalue weighted by Crippen LogP contribution is -2.30. The van der Waals surface area contributed by atoms with Crippen LogP contribution in [0.15, 0.2) is 72.9 Å². The molecule has 1 atom stereocenters. The third-order valence-corrected chi connectivity index (χ3v) is 11.2. The van der Waals surface area contributed by atoms with Crippen molar-refractivity contribution in [1.82, 2.24) is 0 Å². The number of allylic oxidation sites excluding steroid dienone is 12. The van der Waals surface area contributed by atoms with E-state index in [1.165, 1.54) is 128 Å². The van der Waals surface area contributed by atoms with Crippen LogP contribution >= 0.6 is 0 Å². The molecule has 0 bridgehead atoms. The summed E-state index contributed by atoms with van der Waals surface area (Å²) < 4.78 is 16.7. The number of hydrogen-bond donors (Lipinski definition) is 0. The second kappa shape index (κ2) is 51.5. The maximum atomic E-state index is 12.8. The molecule has 0 aromatic rings. The van der Waals surface area contributed by atoms with E-state index in [9.17, 15) is 14.4 Å². The molecule has 362 valence electrons. The van der Waals surface area contributed by atoms with Gasteiger partial charge >= 0.3 is 17.9 Å². The van der Waals surface area contributed by atoms with Gasteiger partial charge in [0.2, 0.25) is 0 Å². The van der Waals surface area contributed by atoms with Gasteiger partial charge in [-0.2, -0.15) is 0 Å².